The second-order valence-electron chi connectivity index (χ2n) is 7.04. The molecule has 2 aromatic heterocycles. The van der Waals surface area contributed by atoms with Crippen LogP contribution in [0.1, 0.15) is 36.2 Å². The zero-order chi connectivity index (χ0) is 21.3. The van der Waals surface area contributed by atoms with E-state index >= 15 is 0 Å². The number of aryl methyl sites for hydroxylation is 1. The van der Waals surface area contributed by atoms with Gasteiger partial charge in [-0.1, -0.05) is 46.3 Å². The number of thiazole rings is 1. The first kappa shape index (κ1) is 21.1. The third-order valence-corrected chi connectivity index (χ3v) is 6.80. The van der Waals surface area contributed by atoms with Crippen LogP contribution in [0.5, 0.6) is 5.88 Å². The fraction of sp³-hybridized carbons (Fsp3) is 0.450. The van der Waals surface area contributed by atoms with E-state index in [0.717, 1.165) is 21.3 Å². The number of carbonyl (C=O) groups is 1. The molecule has 1 amide bonds. The van der Waals surface area contributed by atoms with Crippen LogP contribution in [0.3, 0.4) is 0 Å². The zero-order valence-corrected chi connectivity index (χ0v) is 19.3. The highest BCUT2D eigenvalue weighted by molar-refractivity contribution is 9.10. The van der Waals surface area contributed by atoms with Crippen molar-refractivity contribution in [2.45, 2.75) is 26.3 Å². The van der Waals surface area contributed by atoms with E-state index in [1.807, 2.05) is 26.0 Å². The summed E-state index contributed by atoms with van der Waals surface area (Å²) in [5.41, 5.74) is 1.07. The Labute approximate surface area is 187 Å². The van der Waals surface area contributed by atoms with E-state index in [1.165, 1.54) is 15.9 Å². The van der Waals surface area contributed by atoms with E-state index in [-0.39, 0.29) is 18.0 Å². The number of benzene rings is 1. The lowest BCUT2D eigenvalue weighted by Gasteiger charge is -2.38. The lowest BCUT2D eigenvalue weighted by atomic mass is 10.0. The SMILES string of the molecule is CCOC(=O)N1CCN([C@@H](c2ccc(Br)cc2)c2sc3nc(CC)nn3c2O)CC1. The Balaban J connectivity index is 1.66. The Hall–Kier alpha value is -2.17. The van der Waals surface area contributed by atoms with Crippen LogP contribution in [-0.2, 0) is 11.2 Å². The van der Waals surface area contributed by atoms with Gasteiger partial charge < -0.3 is 14.7 Å². The van der Waals surface area contributed by atoms with Crippen molar-refractivity contribution in [2.75, 3.05) is 32.8 Å². The summed E-state index contributed by atoms with van der Waals surface area (Å²) in [6.45, 7) is 6.67. The van der Waals surface area contributed by atoms with Crippen LogP contribution in [0.15, 0.2) is 28.7 Å². The molecule has 0 spiro atoms. The molecule has 8 nitrogen and oxygen atoms in total. The first-order valence-corrected chi connectivity index (χ1v) is 11.6. The van der Waals surface area contributed by atoms with Crippen molar-refractivity contribution in [3.8, 4) is 5.88 Å². The average molecular weight is 494 g/mol. The van der Waals surface area contributed by atoms with Crippen LogP contribution in [0, 0.1) is 0 Å². The van der Waals surface area contributed by atoms with E-state index < -0.39 is 0 Å². The van der Waals surface area contributed by atoms with Crippen LogP contribution in [0.25, 0.3) is 4.96 Å². The molecule has 0 unspecified atom stereocenters. The normalized spacial score (nSPS) is 16.2. The van der Waals surface area contributed by atoms with Crippen molar-refractivity contribution >= 4 is 38.3 Å². The van der Waals surface area contributed by atoms with Gasteiger partial charge in [0.05, 0.1) is 17.5 Å². The number of hydrogen-bond donors (Lipinski definition) is 1. The van der Waals surface area contributed by atoms with Gasteiger partial charge in [0.2, 0.25) is 10.8 Å². The van der Waals surface area contributed by atoms with Gasteiger partial charge in [-0.25, -0.2) is 9.78 Å². The number of ether oxygens (including phenoxy) is 1. The van der Waals surface area contributed by atoms with Gasteiger partial charge in [-0.05, 0) is 24.6 Å². The largest absolute Gasteiger partial charge is 0.492 e. The second-order valence-corrected chi connectivity index (χ2v) is 8.97. The maximum absolute atomic E-state index is 12.1. The molecule has 0 aliphatic carbocycles. The molecule has 1 N–H and O–H groups in total. The molecular weight excluding hydrogens is 470 g/mol. The number of aromatic nitrogens is 3. The predicted molar refractivity (Wildman–Crippen MR) is 118 cm³/mol. The van der Waals surface area contributed by atoms with Crippen LogP contribution in [0.4, 0.5) is 4.79 Å². The number of rotatable bonds is 5. The van der Waals surface area contributed by atoms with E-state index in [4.69, 9.17) is 4.74 Å². The summed E-state index contributed by atoms with van der Waals surface area (Å²) in [6.07, 6.45) is 0.445. The molecule has 1 aliphatic rings. The fourth-order valence-electron chi connectivity index (χ4n) is 3.67. The highest BCUT2D eigenvalue weighted by Gasteiger charge is 2.33. The van der Waals surface area contributed by atoms with Gasteiger partial charge in [-0.2, -0.15) is 4.52 Å². The number of amides is 1. The number of nitrogens with zero attached hydrogens (tertiary/aromatic N) is 5. The van der Waals surface area contributed by atoms with Crippen molar-refractivity contribution in [3.05, 3.63) is 45.0 Å². The average Bonchev–Trinajstić information content (AvgIpc) is 3.29. The summed E-state index contributed by atoms with van der Waals surface area (Å²) in [4.78, 5) is 22.1. The third kappa shape index (κ3) is 4.03. The number of hydrogen-bond acceptors (Lipinski definition) is 7. The van der Waals surface area contributed by atoms with Gasteiger partial charge in [0.25, 0.3) is 0 Å². The molecule has 0 radical (unpaired) electrons. The fourth-order valence-corrected chi connectivity index (χ4v) is 5.07. The summed E-state index contributed by atoms with van der Waals surface area (Å²) < 4.78 is 7.66. The number of aromatic hydroxyl groups is 1. The maximum Gasteiger partial charge on any atom is 0.409 e. The van der Waals surface area contributed by atoms with Crippen molar-refractivity contribution in [1.82, 2.24) is 24.4 Å². The van der Waals surface area contributed by atoms with Gasteiger partial charge in [0.15, 0.2) is 5.82 Å². The topological polar surface area (TPSA) is 83.2 Å². The molecular formula is C20H24BrN5O3S. The van der Waals surface area contributed by atoms with Gasteiger partial charge in [0.1, 0.15) is 0 Å². The van der Waals surface area contributed by atoms with Crippen LogP contribution in [0.2, 0.25) is 0 Å². The van der Waals surface area contributed by atoms with Crippen molar-refractivity contribution < 1.29 is 14.6 Å². The molecule has 1 aliphatic heterocycles. The van der Waals surface area contributed by atoms with E-state index in [0.29, 0.717) is 43.6 Å². The van der Waals surface area contributed by atoms with E-state index in [1.54, 1.807) is 4.90 Å². The number of fused-ring (bicyclic) bond motifs is 1. The molecule has 1 aromatic carbocycles. The first-order valence-electron chi connectivity index (χ1n) is 10.00. The molecule has 30 heavy (non-hydrogen) atoms. The number of carbonyl (C=O) groups excluding carboxylic acids is 1. The second kappa shape index (κ2) is 8.91. The molecule has 10 heteroatoms. The molecule has 160 valence electrons. The number of piperazine rings is 1. The van der Waals surface area contributed by atoms with Crippen LogP contribution >= 0.6 is 27.3 Å². The Morgan fingerprint density at radius 3 is 2.53 bits per heavy atom. The van der Waals surface area contributed by atoms with Crippen molar-refractivity contribution in [2.24, 2.45) is 0 Å². The summed E-state index contributed by atoms with van der Waals surface area (Å²) in [5, 5.41) is 15.4. The maximum atomic E-state index is 12.1. The first-order chi connectivity index (χ1) is 14.5. The summed E-state index contributed by atoms with van der Waals surface area (Å²) in [6, 6.07) is 7.96. The van der Waals surface area contributed by atoms with E-state index in [9.17, 15) is 9.90 Å². The quantitative estimate of drug-likeness (QED) is 0.583. The minimum Gasteiger partial charge on any atom is -0.492 e. The molecule has 0 saturated carbocycles. The smallest absolute Gasteiger partial charge is 0.409 e. The Bertz CT molecular complexity index is 1030. The Kier molecular flexibility index (Phi) is 6.26. The van der Waals surface area contributed by atoms with Crippen LogP contribution < -0.4 is 0 Å². The van der Waals surface area contributed by atoms with E-state index in [2.05, 4.69) is 43.0 Å². The van der Waals surface area contributed by atoms with Gasteiger partial charge >= 0.3 is 6.09 Å². The van der Waals surface area contributed by atoms with Gasteiger partial charge in [-0.3, -0.25) is 4.90 Å². The minimum atomic E-state index is -0.272. The standard InChI is InChI=1S/C20H24BrN5O3S/c1-3-15-22-19-26(23-15)18(27)17(30-19)16(13-5-7-14(21)8-6-13)24-9-11-25(12-10-24)20(28)29-4-2/h5-8,16,27H,3-4,9-12H2,1-2H3/t16-/m0/s1. The highest BCUT2D eigenvalue weighted by atomic mass is 79.9. The highest BCUT2D eigenvalue weighted by Crippen LogP contribution is 2.40. The Morgan fingerprint density at radius 2 is 1.93 bits per heavy atom. The van der Waals surface area contributed by atoms with Gasteiger partial charge in [0, 0.05) is 37.1 Å². The molecule has 0 bridgehead atoms. The lowest BCUT2D eigenvalue weighted by Crippen LogP contribution is -2.49. The molecule has 3 heterocycles. The molecule has 3 aromatic rings. The monoisotopic (exact) mass is 493 g/mol. The molecule has 1 atom stereocenters. The lowest BCUT2D eigenvalue weighted by molar-refractivity contribution is 0.0715. The van der Waals surface area contributed by atoms with Crippen molar-refractivity contribution in [3.63, 3.8) is 0 Å². The molecule has 1 fully saturated rings. The number of halogens is 1. The zero-order valence-electron chi connectivity index (χ0n) is 16.9. The van der Waals surface area contributed by atoms with Crippen molar-refractivity contribution in [1.29, 1.82) is 0 Å². The van der Waals surface area contributed by atoms with Crippen LogP contribution in [-0.4, -0.2) is 68.4 Å². The Morgan fingerprint density at radius 1 is 1.23 bits per heavy atom. The third-order valence-electron chi connectivity index (χ3n) is 5.20. The van der Waals surface area contributed by atoms with Gasteiger partial charge in [-0.15, -0.1) is 5.10 Å². The minimum absolute atomic E-state index is 0.128. The molecule has 4 rings (SSSR count). The molecule has 1 saturated heterocycles. The summed E-state index contributed by atoms with van der Waals surface area (Å²) in [5.74, 6) is 0.842. The summed E-state index contributed by atoms with van der Waals surface area (Å²) in [7, 11) is 0. The summed E-state index contributed by atoms with van der Waals surface area (Å²) >= 11 is 4.95. The predicted octanol–water partition coefficient (Wildman–Crippen LogP) is 3.68.